The second kappa shape index (κ2) is 5.82. The smallest absolute Gasteiger partial charge is 0.330 e. The van der Waals surface area contributed by atoms with Crippen LogP contribution in [0.25, 0.3) is 0 Å². The van der Waals surface area contributed by atoms with E-state index in [9.17, 15) is 9.59 Å². The maximum atomic E-state index is 11.2. The molecule has 3 rings (SSSR count). The molecule has 3 saturated carbocycles. The molecule has 4 heteroatoms. The molecule has 4 nitrogen and oxygen atoms in total. The van der Waals surface area contributed by atoms with Crippen molar-refractivity contribution in [2.24, 2.45) is 35.5 Å². The molecule has 0 aromatic heterocycles. The van der Waals surface area contributed by atoms with Crippen molar-refractivity contribution < 1.29 is 19.1 Å². The van der Waals surface area contributed by atoms with Gasteiger partial charge in [-0.05, 0) is 61.2 Å². The summed E-state index contributed by atoms with van der Waals surface area (Å²) >= 11 is 0. The molecule has 0 aliphatic heterocycles. The minimum Gasteiger partial charge on any atom is -0.466 e. The first-order valence-electron chi connectivity index (χ1n) is 8.02. The van der Waals surface area contributed by atoms with E-state index in [1.165, 1.54) is 32.3 Å². The third-order valence-electron chi connectivity index (χ3n) is 5.90. The predicted octanol–water partition coefficient (Wildman–Crippen LogP) is 2.58. The van der Waals surface area contributed by atoms with Crippen LogP contribution in [-0.4, -0.2) is 25.2 Å². The second-order valence-corrected chi connectivity index (χ2v) is 6.87. The Kier molecular flexibility index (Phi) is 4.05. The van der Waals surface area contributed by atoms with Crippen LogP contribution >= 0.6 is 0 Å². The average Bonchev–Trinajstić information content (AvgIpc) is 3.13. The van der Waals surface area contributed by atoms with E-state index in [-0.39, 0.29) is 11.9 Å². The largest absolute Gasteiger partial charge is 0.466 e. The van der Waals surface area contributed by atoms with E-state index in [0.29, 0.717) is 36.9 Å². The summed E-state index contributed by atoms with van der Waals surface area (Å²) in [4.78, 5) is 22.2. The molecule has 21 heavy (non-hydrogen) atoms. The van der Waals surface area contributed by atoms with E-state index >= 15 is 0 Å². The second-order valence-electron chi connectivity index (χ2n) is 6.87. The van der Waals surface area contributed by atoms with Gasteiger partial charge in [0.1, 0.15) is 0 Å². The number of esters is 2. The first-order valence-corrected chi connectivity index (χ1v) is 8.02. The van der Waals surface area contributed by atoms with E-state index in [2.05, 4.69) is 6.58 Å². The zero-order chi connectivity index (χ0) is 15.0. The lowest BCUT2D eigenvalue weighted by Crippen LogP contribution is -2.31. The van der Waals surface area contributed by atoms with Crippen LogP contribution in [-0.2, 0) is 19.1 Å². The van der Waals surface area contributed by atoms with Gasteiger partial charge < -0.3 is 9.47 Å². The molecule has 6 atom stereocenters. The summed E-state index contributed by atoms with van der Waals surface area (Å²) in [5.41, 5.74) is 0. The van der Waals surface area contributed by atoms with Gasteiger partial charge >= 0.3 is 11.9 Å². The maximum absolute atomic E-state index is 11.2. The fourth-order valence-electron chi connectivity index (χ4n) is 5.27. The highest BCUT2D eigenvalue weighted by Gasteiger charge is 2.57. The van der Waals surface area contributed by atoms with Crippen LogP contribution in [0.1, 0.15) is 32.6 Å². The Bertz CT molecular complexity index is 444. The van der Waals surface area contributed by atoms with Gasteiger partial charge in [0.05, 0.1) is 13.2 Å². The molecule has 3 aliphatic rings. The molecular formula is C17H24O4. The Morgan fingerprint density at radius 3 is 2.57 bits per heavy atom. The number of rotatable bonds is 5. The molecule has 0 radical (unpaired) electrons. The average molecular weight is 292 g/mol. The first kappa shape index (κ1) is 14.6. The molecule has 6 unspecified atom stereocenters. The Labute approximate surface area is 125 Å². The monoisotopic (exact) mass is 292 g/mol. The van der Waals surface area contributed by atoms with Crippen molar-refractivity contribution >= 4 is 11.9 Å². The Morgan fingerprint density at radius 2 is 1.86 bits per heavy atom. The van der Waals surface area contributed by atoms with Crippen molar-refractivity contribution in [1.29, 1.82) is 0 Å². The molecule has 0 aromatic carbocycles. The molecule has 0 heterocycles. The highest BCUT2D eigenvalue weighted by molar-refractivity contribution is 5.81. The number of hydrogen-bond acceptors (Lipinski definition) is 4. The lowest BCUT2D eigenvalue weighted by Gasteiger charge is -2.33. The Hall–Kier alpha value is -1.32. The summed E-state index contributed by atoms with van der Waals surface area (Å²) < 4.78 is 10.5. The third-order valence-corrected chi connectivity index (χ3v) is 5.90. The first-order chi connectivity index (χ1) is 10.1. The predicted molar refractivity (Wildman–Crippen MR) is 77.2 cm³/mol. The summed E-state index contributed by atoms with van der Waals surface area (Å²) in [7, 11) is 0. The minimum absolute atomic E-state index is 0.171. The van der Waals surface area contributed by atoms with Gasteiger partial charge in [0.25, 0.3) is 0 Å². The van der Waals surface area contributed by atoms with Gasteiger partial charge in [-0.1, -0.05) is 6.58 Å². The topological polar surface area (TPSA) is 52.6 Å². The summed E-state index contributed by atoms with van der Waals surface area (Å²) in [5.74, 6) is 3.48. The van der Waals surface area contributed by atoms with Crippen molar-refractivity contribution in [1.82, 2.24) is 0 Å². The maximum Gasteiger partial charge on any atom is 0.330 e. The van der Waals surface area contributed by atoms with Crippen molar-refractivity contribution in [2.75, 3.05) is 13.2 Å². The van der Waals surface area contributed by atoms with E-state index in [1.54, 1.807) is 0 Å². The van der Waals surface area contributed by atoms with Crippen molar-refractivity contribution in [2.45, 2.75) is 32.6 Å². The molecule has 0 spiro atoms. The van der Waals surface area contributed by atoms with Gasteiger partial charge in [-0.25, -0.2) is 4.79 Å². The molecule has 3 aliphatic carbocycles. The lowest BCUT2D eigenvalue weighted by molar-refractivity contribution is -0.143. The summed E-state index contributed by atoms with van der Waals surface area (Å²) in [5, 5.41) is 0. The molecule has 3 fully saturated rings. The van der Waals surface area contributed by atoms with E-state index in [0.717, 1.165) is 18.3 Å². The Balaban J connectivity index is 1.56. The number of fused-ring (bicyclic) bond motifs is 5. The van der Waals surface area contributed by atoms with Gasteiger partial charge in [-0.2, -0.15) is 0 Å². The van der Waals surface area contributed by atoms with E-state index < -0.39 is 0 Å². The van der Waals surface area contributed by atoms with Crippen LogP contribution in [0.15, 0.2) is 12.7 Å². The van der Waals surface area contributed by atoms with Gasteiger partial charge in [0, 0.05) is 13.0 Å². The van der Waals surface area contributed by atoms with Crippen LogP contribution in [0.4, 0.5) is 0 Å². The molecule has 0 saturated heterocycles. The quantitative estimate of drug-likeness (QED) is 0.577. The number of carbonyl (C=O) groups is 2. The van der Waals surface area contributed by atoms with Crippen LogP contribution in [0.2, 0.25) is 0 Å². The Morgan fingerprint density at radius 1 is 1.10 bits per heavy atom. The fraction of sp³-hybridized carbons (Fsp3) is 0.765. The summed E-state index contributed by atoms with van der Waals surface area (Å²) in [6, 6.07) is 0. The van der Waals surface area contributed by atoms with Crippen LogP contribution < -0.4 is 0 Å². The van der Waals surface area contributed by atoms with Crippen molar-refractivity contribution in [3.63, 3.8) is 0 Å². The van der Waals surface area contributed by atoms with E-state index in [4.69, 9.17) is 9.47 Å². The normalized spacial score (nSPS) is 39.9. The third kappa shape index (κ3) is 2.72. The van der Waals surface area contributed by atoms with Gasteiger partial charge in [-0.3, -0.25) is 4.79 Å². The number of ether oxygens (including phenoxy) is 2. The number of hydrogen-bond donors (Lipinski definition) is 0. The van der Waals surface area contributed by atoms with Crippen molar-refractivity contribution in [3.05, 3.63) is 12.7 Å². The summed E-state index contributed by atoms with van der Waals surface area (Å²) in [6.45, 7) is 6.06. The van der Waals surface area contributed by atoms with E-state index in [1.807, 2.05) is 0 Å². The van der Waals surface area contributed by atoms with Gasteiger partial charge in [0.15, 0.2) is 0 Å². The lowest BCUT2D eigenvalue weighted by atomic mass is 9.73. The fourth-order valence-corrected chi connectivity index (χ4v) is 5.27. The van der Waals surface area contributed by atoms with Gasteiger partial charge in [-0.15, -0.1) is 0 Å². The highest BCUT2D eigenvalue weighted by atomic mass is 16.5. The van der Waals surface area contributed by atoms with Crippen molar-refractivity contribution in [3.8, 4) is 0 Å². The highest BCUT2D eigenvalue weighted by Crippen LogP contribution is 2.62. The SMILES string of the molecule is C=CC(=O)OCC1CCC2C3CC(CC3COC(C)=O)C12. The molecule has 0 amide bonds. The molecule has 2 bridgehead atoms. The zero-order valence-electron chi connectivity index (χ0n) is 12.6. The van der Waals surface area contributed by atoms with Gasteiger partial charge in [0.2, 0.25) is 0 Å². The van der Waals surface area contributed by atoms with Crippen LogP contribution in [0.5, 0.6) is 0 Å². The molecule has 0 aromatic rings. The number of carbonyl (C=O) groups excluding carboxylic acids is 2. The van der Waals surface area contributed by atoms with Crippen LogP contribution in [0.3, 0.4) is 0 Å². The zero-order valence-corrected chi connectivity index (χ0v) is 12.6. The minimum atomic E-state index is -0.311. The van der Waals surface area contributed by atoms with Crippen LogP contribution in [0, 0.1) is 35.5 Å². The molecular weight excluding hydrogens is 268 g/mol. The summed E-state index contributed by atoms with van der Waals surface area (Å²) in [6.07, 6.45) is 6.08. The molecule has 116 valence electrons. The standard InChI is InChI=1S/C17H24O4/c1-3-16(19)21-8-11-4-5-14-15-7-12(17(11)14)6-13(15)9-20-10(2)18/h3,11-15,17H,1,4-9H2,2H3. The molecule has 0 N–H and O–H groups in total.